The Kier molecular flexibility index (Phi) is 5.22. The maximum Gasteiger partial charge on any atom is 0.274 e. The maximum atomic E-state index is 13.3. The summed E-state index contributed by atoms with van der Waals surface area (Å²) in [5, 5.41) is 0. The van der Waals surface area contributed by atoms with Gasteiger partial charge in [0.2, 0.25) is 10.0 Å². The number of rotatable bonds is 6. The van der Waals surface area contributed by atoms with Gasteiger partial charge >= 0.3 is 0 Å². The molecule has 0 unspecified atom stereocenters. The van der Waals surface area contributed by atoms with E-state index in [2.05, 4.69) is 4.98 Å². The smallest absolute Gasteiger partial charge is 0.274 e. The quantitative estimate of drug-likeness (QED) is 0.710. The number of fused-ring (bicyclic) bond motifs is 3. The molecule has 0 saturated heterocycles. The van der Waals surface area contributed by atoms with E-state index in [1.54, 1.807) is 47.1 Å². The van der Waals surface area contributed by atoms with Gasteiger partial charge in [-0.15, -0.1) is 0 Å². The number of benzene rings is 1. The van der Waals surface area contributed by atoms with Gasteiger partial charge in [-0.05, 0) is 45.0 Å². The first-order valence-corrected chi connectivity index (χ1v) is 11.3. The molecule has 1 fully saturated rings. The summed E-state index contributed by atoms with van der Waals surface area (Å²) in [7, 11) is 2.02. The molecule has 0 atom stereocenters. The van der Waals surface area contributed by atoms with Crippen LogP contribution >= 0.6 is 0 Å². The molecule has 1 aromatic heterocycles. The first kappa shape index (κ1) is 20.1. The number of likely N-dealkylation sites (N-methyl/N-ethyl adjacent to an activating group) is 2. The van der Waals surface area contributed by atoms with Gasteiger partial charge in [0.05, 0.1) is 17.9 Å². The van der Waals surface area contributed by atoms with Crippen molar-refractivity contribution in [3.8, 4) is 5.69 Å². The number of hydrogen-bond acceptors (Lipinski definition) is 5. The minimum atomic E-state index is -3.64. The summed E-state index contributed by atoms with van der Waals surface area (Å²) in [6.45, 7) is 1.93. The van der Waals surface area contributed by atoms with Crippen molar-refractivity contribution in [2.75, 3.05) is 40.8 Å². The summed E-state index contributed by atoms with van der Waals surface area (Å²) in [5.74, 6) is 0.206. The van der Waals surface area contributed by atoms with Crippen LogP contribution < -0.4 is 0 Å². The zero-order valence-corrected chi connectivity index (χ0v) is 17.9. The normalized spacial score (nSPS) is 18.2. The summed E-state index contributed by atoms with van der Waals surface area (Å²) < 4.78 is 29.9. The molecule has 8 nitrogen and oxygen atoms in total. The van der Waals surface area contributed by atoms with Crippen molar-refractivity contribution in [1.82, 2.24) is 23.7 Å². The van der Waals surface area contributed by atoms with E-state index in [1.165, 1.54) is 4.31 Å². The first-order chi connectivity index (χ1) is 13.8. The molecule has 156 valence electrons. The Morgan fingerprint density at radius 1 is 1.17 bits per heavy atom. The lowest BCUT2D eigenvalue weighted by molar-refractivity contribution is 0.0779. The number of para-hydroxylation sites is 1. The zero-order chi connectivity index (χ0) is 20.8. The van der Waals surface area contributed by atoms with Crippen LogP contribution in [0.25, 0.3) is 5.69 Å². The van der Waals surface area contributed by atoms with E-state index in [-0.39, 0.29) is 17.3 Å². The van der Waals surface area contributed by atoms with Gasteiger partial charge in [0, 0.05) is 26.7 Å². The second-order valence-corrected chi connectivity index (χ2v) is 10.1. The molecule has 9 heteroatoms. The van der Waals surface area contributed by atoms with Crippen LogP contribution in [0.5, 0.6) is 0 Å². The lowest BCUT2D eigenvalue weighted by atomic mass is 10.2. The maximum absolute atomic E-state index is 13.3. The van der Waals surface area contributed by atoms with Crippen LogP contribution in [0.15, 0.2) is 35.5 Å². The first-order valence-electron chi connectivity index (χ1n) is 9.85. The minimum absolute atomic E-state index is 0.149. The Morgan fingerprint density at radius 2 is 1.90 bits per heavy atom. The van der Waals surface area contributed by atoms with Crippen LogP contribution in [-0.2, 0) is 16.6 Å². The Morgan fingerprint density at radius 3 is 2.59 bits per heavy atom. The fourth-order valence-electron chi connectivity index (χ4n) is 3.56. The molecule has 1 amide bonds. The van der Waals surface area contributed by atoms with Crippen LogP contribution in [-0.4, -0.2) is 78.8 Å². The lowest BCUT2D eigenvalue weighted by Gasteiger charge is -2.21. The third-order valence-corrected chi connectivity index (χ3v) is 7.38. The number of aromatic nitrogens is 2. The average molecular weight is 418 g/mol. The summed E-state index contributed by atoms with van der Waals surface area (Å²) in [6, 6.07) is 6.93. The number of sulfonamides is 1. The van der Waals surface area contributed by atoms with Gasteiger partial charge in [0.1, 0.15) is 11.2 Å². The van der Waals surface area contributed by atoms with E-state index in [1.807, 2.05) is 19.0 Å². The Balaban J connectivity index is 1.76. The van der Waals surface area contributed by atoms with Gasteiger partial charge in [-0.25, -0.2) is 13.4 Å². The van der Waals surface area contributed by atoms with Gasteiger partial charge in [0.25, 0.3) is 5.91 Å². The molecule has 0 spiro atoms. The van der Waals surface area contributed by atoms with E-state index in [9.17, 15) is 13.2 Å². The molecule has 1 aliphatic heterocycles. The van der Waals surface area contributed by atoms with Gasteiger partial charge in [-0.3, -0.25) is 9.36 Å². The van der Waals surface area contributed by atoms with E-state index >= 15 is 0 Å². The summed E-state index contributed by atoms with van der Waals surface area (Å²) in [4.78, 5) is 21.4. The third kappa shape index (κ3) is 3.82. The highest BCUT2D eigenvalue weighted by Gasteiger charge is 2.38. The molecule has 1 aliphatic carbocycles. The van der Waals surface area contributed by atoms with Gasteiger partial charge in [0.15, 0.2) is 5.69 Å². The predicted molar refractivity (Wildman–Crippen MR) is 109 cm³/mol. The van der Waals surface area contributed by atoms with Crippen LogP contribution in [0.4, 0.5) is 0 Å². The van der Waals surface area contributed by atoms with Crippen molar-refractivity contribution in [3.63, 3.8) is 0 Å². The number of nitrogens with zero attached hydrogens (tertiary/aromatic N) is 5. The lowest BCUT2D eigenvalue weighted by Crippen LogP contribution is -2.35. The van der Waals surface area contributed by atoms with Crippen LogP contribution in [0, 0.1) is 5.92 Å². The molecule has 0 bridgehead atoms. The highest BCUT2D eigenvalue weighted by Crippen LogP contribution is 2.36. The minimum Gasteiger partial charge on any atom is -0.339 e. The number of imidazole rings is 1. The van der Waals surface area contributed by atoms with Crippen LogP contribution in [0.1, 0.15) is 29.0 Å². The van der Waals surface area contributed by atoms with Crippen molar-refractivity contribution in [2.24, 2.45) is 5.92 Å². The SMILES string of the molecule is CN(C)CCN(C)C(=O)c1ncn2c1CN(CC1CC1)S(=O)(=O)c1ccccc1-2. The average Bonchev–Trinajstić information content (AvgIpc) is 3.43. The van der Waals surface area contributed by atoms with Crippen molar-refractivity contribution < 1.29 is 13.2 Å². The van der Waals surface area contributed by atoms with Crippen LogP contribution in [0.2, 0.25) is 0 Å². The largest absolute Gasteiger partial charge is 0.339 e. The molecular formula is C20H27N5O3S. The molecule has 1 aromatic carbocycles. The van der Waals surface area contributed by atoms with E-state index < -0.39 is 10.0 Å². The Hall–Kier alpha value is -2.23. The number of hydrogen-bond donors (Lipinski definition) is 0. The van der Waals surface area contributed by atoms with E-state index in [0.29, 0.717) is 36.1 Å². The molecule has 2 heterocycles. The molecular weight excluding hydrogens is 390 g/mol. The van der Waals surface area contributed by atoms with E-state index in [4.69, 9.17) is 0 Å². The zero-order valence-electron chi connectivity index (χ0n) is 17.1. The second-order valence-electron chi connectivity index (χ2n) is 8.15. The topological polar surface area (TPSA) is 78.8 Å². The summed E-state index contributed by atoms with van der Waals surface area (Å²) in [5.41, 5.74) is 1.49. The predicted octanol–water partition coefficient (Wildman–Crippen LogP) is 1.42. The van der Waals surface area contributed by atoms with Gasteiger partial charge < -0.3 is 9.80 Å². The molecule has 29 heavy (non-hydrogen) atoms. The molecule has 2 aromatic rings. The van der Waals surface area contributed by atoms with Crippen molar-refractivity contribution in [2.45, 2.75) is 24.3 Å². The van der Waals surface area contributed by atoms with Gasteiger partial charge in [-0.2, -0.15) is 4.31 Å². The number of amides is 1. The highest BCUT2D eigenvalue weighted by molar-refractivity contribution is 7.89. The van der Waals surface area contributed by atoms with E-state index in [0.717, 1.165) is 19.4 Å². The van der Waals surface area contributed by atoms with Crippen molar-refractivity contribution in [3.05, 3.63) is 42.0 Å². The number of carbonyl (C=O) groups excluding carboxylic acids is 1. The Labute approximate surface area is 171 Å². The standard InChI is InChI=1S/C20H27N5O3S/c1-22(2)10-11-23(3)20(26)19-17-13-24(12-15-8-9-15)29(27,28)18-7-5-4-6-16(18)25(17)14-21-19/h4-7,14-15H,8-13H2,1-3H3. The molecule has 0 N–H and O–H groups in total. The van der Waals surface area contributed by atoms with Crippen molar-refractivity contribution >= 4 is 15.9 Å². The third-order valence-electron chi connectivity index (χ3n) is 5.53. The van der Waals surface area contributed by atoms with Crippen molar-refractivity contribution in [1.29, 1.82) is 0 Å². The highest BCUT2D eigenvalue weighted by atomic mass is 32.2. The molecule has 4 rings (SSSR count). The fraction of sp³-hybridized carbons (Fsp3) is 0.500. The molecule has 1 saturated carbocycles. The fourth-order valence-corrected chi connectivity index (χ4v) is 5.22. The van der Waals surface area contributed by atoms with Gasteiger partial charge in [-0.1, -0.05) is 12.1 Å². The second kappa shape index (κ2) is 7.55. The number of carbonyl (C=O) groups is 1. The summed E-state index contributed by atoms with van der Waals surface area (Å²) >= 11 is 0. The molecule has 0 radical (unpaired) electrons. The monoisotopic (exact) mass is 417 g/mol. The Bertz CT molecular complexity index is 1030. The van der Waals surface area contributed by atoms with Crippen LogP contribution in [0.3, 0.4) is 0 Å². The molecule has 2 aliphatic rings. The summed E-state index contributed by atoms with van der Waals surface area (Å²) in [6.07, 6.45) is 3.66.